The molecule has 1 unspecified atom stereocenters. The SMILES string of the molecule is Cc1cc(F)cc(C)c1S(=O)(=O)NC(C)CCCl. The summed E-state index contributed by atoms with van der Waals surface area (Å²) in [6, 6.07) is 2.18. The third-order valence-corrected chi connectivity index (χ3v) is 4.70. The van der Waals surface area contributed by atoms with Crippen molar-refractivity contribution in [3.8, 4) is 0 Å². The first-order chi connectivity index (χ1) is 8.27. The van der Waals surface area contributed by atoms with Crippen LogP contribution in [0, 0.1) is 19.7 Å². The Labute approximate surface area is 112 Å². The molecule has 1 aromatic rings. The van der Waals surface area contributed by atoms with Crippen LogP contribution in [-0.2, 0) is 10.0 Å². The van der Waals surface area contributed by atoms with Crippen LogP contribution in [-0.4, -0.2) is 20.3 Å². The monoisotopic (exact) mass is 293 g/mol. The molecule has 0 fully saturated rings. The van der Waals surface area contributed by atoms with Gasteiger partial charge in [-0.2, -0.15) is 0 Å². The maximum atomic E-state index is 13.1. The average molecular weight is 294 g/mol. The highest BCUT2D eigenvalue weighted by molar-refractivity contribution is 7.89. The molecule has 0 spiro atoms. The number of hydrogen-bond donors (Lipinski definition) is 1. The molecule has 0 heterocycles. The maximum Gasteiger partial charge on any atom is 0.241 e. The predicted octanol–water partition coefficient (Wildman–Crippen LogP) is 2.74. The molecule has 1 aromatic carbocycles. The van der Waals surface area contributed by atoms with Crippen LogP contribution >= 0.6 is 11.6 Å². The van der Waals surface area contributed by atoms with E-state index in [1.807, 2.05) is 0 Å². The Balaban J connectivity index is 3.13. The first-order valence-corrected chi connectivity index (χ1v) is 7.64. The summed E-state index contributed by atoms with van der Waals surface area (Å²) in [4.78, 5) is 0.144. The van der Waals surface area contributed by atoms with Gasteiger partial charge in [-0.25, -0.2) is 17.5 Å². The highest BCUT2D eigenvalue weighted by Gasteiger charge is 2.22. The molecule has 0 saturated carbocycles. The van der Waals surface area contributed by atoms with Crippen LogP contribution in [0.4, 0.5) is 4.39 Å². The van der Waals surface area contributed by atoms with Crippen molar-refractivity contribution in [2.24, 2.45) is 0 Å². The standard InChI is InChI=1S/C12H17ClFNO2S/c1-8-6-11(14)7-9(2)12(8)18(16,17)15-10(3)4-5-13/h6-7,10,15H,4-5H2,1-3H3. The molecule has 0 aromatic heterocycles. The van der Waals surface area contributed by atoms with E-state index in [-0.39, 0.29) is 10.9 Å². The summed E-state index contributed by atoms with van der Waals surface area (Å²) in [5.74, 6) is -0.0526. The molecule has 0 amide bonds. The van der Waals surface area contributed by atoms with Crippen LogP contribution in [0.2, 0.25) is 0 Å². The van der Waals surface area contributed by atoms with E-state index in [0.717, 1.165) is 0 Å². The summed E-state index contributed by atoms with van der Waals surface area (Å²) < 4.78 is 40.1. The van der Waals surface area contributed by atoms with E-state index >= 15 is 0 Å². The van der Waals surface area contributed by atoms with E-state index in [4.69, 9.17) is 11.6 Å². The van der Waals surface area contributed by atoms with Gasteiger partial charge < -0.3 is 0 Å². The van der Waals surface area contributed by atoms with E-state index in [9.17, 15) is 12.8 Å². The number of rotatable bonds is 5. The second-order valence-corrected chi connectivity index (χ2v) is 6.40. The van der Waals surface area contributed by atoms with Gasteiger partial charge in [0.05, 0.1) is 4.90 Å². The minimum atomic E-state index is -3.64. The van der Waals surface area contributed by atoms with Crippen molar-refractivity contribution in [3.63, 3.8) is 0 Å². The van der Waals surface area contributed by atoms with E-state index in [1.165, 1.54) is 12.1 Å². The Morgan fingerprint density at radius 2 is 1.83 bits per heavy atom. The van der Waals surface area contributed by atoms with Gasteiger partial charge in [0.15, 0.2) is 0 Å². The van der Waals surface area contributed by atoms with Crippen LogP contribution in [0.3, 0.4) is 0 Å². The quantitative estimate of drug-likeness (QED) is 0.849. The van der Waals surface area contributed by atoms with Crippen molar-refractivity contribution in [3.05, 3.63) is 29.1 Å². The second-order valence-electron chi connectivity index (χ2n) is 4.37. The Morgan fingerprint density at radius 1 is 1.33 bits per heavy atom. The Morgan fingerprint density at radius 3 is 2.28 bits per heavy atom. The van der Waals surface area contributed by atoms with Crippen molar-refractivity contribution < 1.29 is 12.8 Å². The molecule has 1 atom stereocenters. The number of alkyl halides is 1. The fourth-order valence-corrected chi connectivity index (χ4v) is 3.93. The van der Waals surface area contributed by atoms with Gasteiger partial charge in [-0.3, -0.25) is 0 Å². The molecule has 0 aliphatic heterocycles. The lowest BCUT2D eigenvalue weighted by atomic mass is 10.1. The number of aryl methyl sites for hydroxylation is 2. The van der Waals surface area contributed by atoms with Gasteiger partial charge in [0, 0.05) is 11.9 Å². The average Bonchev–Trinajstić information content (AvgIpc) is 2.13. The van der Waals surface area contributed by atoms with Crippen LogP contribution in [0.15, 0.2) is 17.0 Å². The van der Waals surface area contributed by atoms with Gasteiger partial charge >= 0.3 is 0 Å². The smallest absolute Gasteiger partial charge is 0.208 e. The lowest BCUT2D eigenvalue weighted by Gasteiger charge is -2.16. The summed E-state index contributed by atoms with van der Waals surface area (Å²) in [5.41, 5.74) is 0.802. The fourth-order valence-electron chi connectivity index (χ4n) is 1.87. The molecular weight excluding hydrogens is 277 g/mol. The van der Waals surface area contributed by atoms with E-state index in [1.54, 1.807) is 20.8 Å². The first kappa shape index (κ1) is 15.4. The number of benzene rings is 1. The van der Waals surface area contributed by atoms with Crippen molar-refractivity contribution >= 4 is 21.6 Å². The second kappa shape index (κ2) is 5.99. The molecule has 18 heavy (non-hydrogen) atoms. The molecule has 1 rings (SSSR count). The molecule has 0 saturated heterocycles. The van der Waals surface area contributed by atoms with Gasteiger partial charge in [-0.05, 0) is 50.5 Å². The Kier molecular flexibility index (Phi) is 5.13. The van der Waals surface area contributed by atoms with E-state index < -0.39 is 15.8 Å². The highest BCUT2D eigenvalue weighted by Crippen LogP contribution is 2.21. The van der Waals surface area contributed by atoms with Crippen LogP contribution in [0.25, 0.3) is 0 Å². The van der Waals surface area contributed by atoms with E-state index in [0.29, 0.717) is 23.4 Å². The third kappa shape index (κ3) is 3.67. The third-order valence-electron chi connectivity index (χ3n) is 2.59. The minimum Gasteiger partial charge on any atom is -0.208 e. The van der Waals surface area contributed by atoms with Gasteiger partial charge in [0.2, 0.25) is 10.0 Å². The van der Waals surface area contributed by atoms with Gasteiger partial charge in [-0.15, -0.1) is 11.6 Å². The van der Waals surface area contributed by atoms with Crippen molar-refractivity contribution in [2.45, 2.75) is 38.1 Å². The largest absolute Gasteiger partial charge is 0.241 e. The van der Waals surface area contributed by atoms with Crippen molar-refractivity contribution in [1.82, 2.24) is 4.72 Å². The van der Waals surface area contributed by atoms with Crippen LogP contribution in [0.5, 0.6) is 0 Å². The lowest BCUT2D eigenvalue weighted by Crippen LogP contribution is -2.33. The zero-order valence-electron chi connectivity index (χ0n) is 10.6. The van der Waals surface area contributed by atoms with Crippen LogP contribution < -0.4 is 4.72 Å². The maximum absolute atomic E-state index is 13.1. The topological polar surface area (TPSA) is 46.2 Å². The summed E-state index contributed by atoms with van der Waals surface area (Å²) in [6.07, 6.45) is 0.542. The number of nitrogens with one attached hydrogen (secondary N) is 1. The summed E-state index contributed by atoms with van der Waals surface area (Å²) >= 11 is 5.57. The summed E-state index contributed by atoms with van der Waals surface area (Å²) in [7, 11) is -3.64. The molecular formula is C12H17ClFNO2S. The Hall–Kier alpha value is -0.650. The van der Waals surface area contributed by atoms with Gasteiger partial charge in [0.1, 0.15) is 5.82 Å². The van der Waals surface area contributed by atoms with E-state index in [2.05, 4.69) is 4.72 Å². The van der Waals surface area contributed by atoms with Crippen molar-refractivity contribution in [2.75, 3.05) is 5.88 Å². The molecule has 0 radical (unpaired) electrons. The number of halogens is 2. The van der Waals surface area contributed by atoms with Gasteiger partial charge in [-0.1, -0.05) is 0 Å². The predicted molar refractivity (Wildman–Crippen MR) is 71.0 cm³/mol. The summed E-state index contributed by atoms with van der Waals surface area (Å²) in [5, 5.41) is 0. The molecule has 102 valence electrons. The lowest BCUT2D eigenvalue weighted by molar-refractivity contribution is 0.554. The normalized spacial score (nSPS) is 13.6. The molecule has 3 nitrogen and oxygen atoms in total. The zero-order valence-corrected chi connectivity index (χ0v) is 12.2. The Bertz CT molecular complexity index is 508. The first-order valence-electron chi connectivity index (χ1n) is 5.63. The van der Waals surface area contributed by atoms with Crippen LogP contribution in [0.1, 0.15) is 24.5 Å². The minimum absolute atomic E-state index is 0.144. The highest BCUT2D eigenvalue weighted by atomic mass is 35.5. The zero-order chi connectivity index (χ0) is 13.9. The van der Waals surface area contributed by atoms with Crippen molar-refractivity contribution in [1.29, 1.82) is 0 Å². The summed E-state index contributed by atoms with van der Waals surface area (Å²) in [6.45, 7) is 4.90. The van der Waals surface area contributed by atoms with Gasteiger partial charge in [0.25, 0.3) is 0 Å². The molecule has 0 bridgehead atoms. The molecule has 0 aliphatic carbocycles. The fraction of sp³-hybridized carbons (Fsp3) is 0.500. The molecule has 1 N–H and O–H groups in total. The number of sulfonamides is 1. The number of hydrogen-bond acceptors (Lipinski definition) is 2. The molecule has 6 heteroatoms. The molecule has 0 aliphatic rings.